The van der Waals surface area contributed by atoms with Crippen molar-refractivity contribution in [2.75, 3.05) is 25.1 Å². The molecule has 0 aliphatic heterocycles. The first-order valence-corrected chi connectivity index (χ1v) is 11.9. The molecule has 0 aromatic heterocycles. The monoisotopic (exact) mass is 468 g/mol. The molecule has 1 unspecified atom stereocenters. The van der Waals surface area contributed by atoms with E-state index >= 15 is 0 Å². The number of sulfonamides is 1. The zero-order chi connectivity index (χ0) is 24.0. The maximum Gasteiger partial charge on any atom is 0.264 e. The molecule has 0 aliphatic carbocycles. The second kappa shape index (κ2) is 10.4. The number of amides is 1. The van der Waals surface area contributed by atoms with Gasteiger partial charge in [-0.3, -0.25) is 9.10 Å². The summed E-state index contributed by atoms with van der Waals surface area (Å²) in [5.74, 6) is 0.287. The Balaban J connectivity index is 2.00. The number of carbonyl (C=O) groups excluding carboxylic acids is 1. The van der Waals surface area contributed by atoms with Crippen LogP contribution in [0.4, 0.5) is 5.69 Å². The fraction of sp³-hybridized carbons (Fsp3) is 0.240. The number of nitrogens with zero attached hydrogens (tertiary/aromatic N) is 1. The van der Waals surface area contributed by atoms with Crippen LogP contribution in [0.1, 0.15) is 24.1 Å². The normalized spacial score (nSPS) is 12.0. The molecule has 0 bridgehead atoms. The molecule has 1 atom stereocenters. The minimum atomic E-state index is -4.09. The molecule has 7 nitrogen and oxygen atoms in total. The molecule has 0 radical (unpaired) electrons. The summed E-state index contributed by atoms with van der Waals surface area (Å²) >= 11 is 0. The number of benzene rings is 3. The van der Waals surface area contributed by atoms with Gasteiger partial charge in [0.15, 0.2) is 0 Å². The van der Waals surface area contributed by atoms with E-state index < -0.39 is 22.5 Å². The molecule has 1 N–H and O–H groups in total. The standard InChI is InChI=1S/C25H28N2O5S/c1-18-10-13-22(14-11-18)33(29,30)27(23-16-21(31-3)12-15-24(23)32-4)17-25(28)26-19(2)20-8-6-5-7-9-20/h5-16,19H,17H2,1-4H3,(H,26,28). The highest BCUT2D eigenvalue weighted by molar-refractivity contribution is 7.92. The third kappa shape index (κ3) is 5.64. The third-order valence-electron chi connectivity index (χ3n) is 5.23. The molecule has 3 aromatic carbocycles. The smallest absolute Gasteiger partial charge is 0.264 e. The minimum absolute atomic E-state index is 0.0712. The highest BCUT2D eigenvalue weighted by Crippen LogP contribution is 2.35. The van der Waals surface area contributed by atoms with Crippen LogP contribution in [0.25, 0.3) is 0 Å². The Labute approximate surface area is 195 Å². The molecule has 0 aliphatic rings. The summed E-state index contributed by atoms with van der Waals surface area (Å²) in [4.78, 5) is 13.1. The summed E-state index contributed by atoms with van der Waals surface area (Å²) < 4.78 is 39.1. The number of hydrogen-bond acceptors (Lipinski definition) is 5. The number of aryl methyl sites for hydroxylation is 1. The fourth-order valence-corrected chi connectivity index (χ4v) is 4.79. The minimum Gasteiger partial charge on any atom is -0.497 e. The molecular weight excluding hydrogens is 440 g/mol. The van der Waals surface area contributed by atoms with Gasteiger partial charge in [-0.1, -0.05) is 48.0 Å². The number of carbonyl (C=O) groups is 1. The summed E-state index contributed by atoms with van der Waals surface area (Å²) in [5, 5.41) is 2.88. The summed E-state index contributed by atoms with van der Waals surface area (Å²) in [6.07, 6.45) is 0. The quantitative estimate of drug-likeness (QED) is 0.511. The topological polar surface area (TPSA) is 84.9 Å². The average Bonchev–Trinajstić information content (AvgIpc) is 2.82. The molecule has 0 fully saturated rings. The largest absolute Gasteiger partial charge is 0.497 e. The molecule has 0 saturated carbocycles. The van der Waals surface area contributed by atoms with Gasteiger partial charge in [-0.25, -0.2) is 8.42 Å². The van der Waals surface area contributed by atoms with Crippen molar-refractivity contribution in [2.24, 2.45) is 0 Å². The maximum absolute atomic E-state index is 13.7. The van der Waals surface area contributed by atoms with Gasteiger partial charge >= 0.3 is 0 Å². The lowest BCUT2D eigenvalue weighted by atomic mass is 10.1. The van der Waals surface area contributed by atoms with E-state index in [1.165, 1.54) is 26.4 Å². The van der Waals surface area contributed by atoms with Crippen molar-refractivity contribution < 1.29 is 22.7 Å². The molecular formula is C25H28N2O5S. The van der Waals surface area contributed by atoms with Crippen LogP contribution in [0.5, 0.6) is 11.5 Å². The molecule has 0 spiro atoms. The van der Waals surface area contributed by atoms with Crippen molar-refractivity contribution in [1.82, 2.24) is 5.32 Å². The Morgan fingerprint density at radius 3 is 2.24 bits per heavy atom. The first-order chi connectivity index (χ1) is 15.8. The van der Waals surface area contributed by atoms with Gasteiger partial charge in [0.05, 0.1) is 30.8 Å². The van der Waals surface area contributed by atoms with Gasteiger partial charge in [0.25, 0.3) is 10.0 Å². The SMILES string of the molecule is COc1ccc(OC)c(N(CC(=O)NC(C)c2ccccc2)S(=O)(=O)c2ccc(C)cc2)c1. The molecule has 3 rings (SSSR count). The van der Waals surface area contributed by atoms with Crippen LogP contribution in [0, 0.1) is 6.92 Å². The van der Waals surface area contributed by atoms with E-state index in [2.05, 4.69) is 5.32 Å². The summed E-state index contributed by atoms with van der Waals surface area (Å²) in [7, 11) is -1.16. The second-order valence-electron chi connectivity index (χ2n) is 7.56. The summed E-state index contributed by atoms with van der Waals surface area (Å²) in [6, 6.07) is 20.4. The maximum atomic E-state index is 13.7. The van der Waals surface area contributed by atoms with Crippen LogP contribution in [0.2, 0.25) is 0 Å². The second-order valence-corrected chi connectivity index (χ2v) is 9.42. The fourth-order valence-electron chi connectivity index (χ4n) is 3.37. The molecule has 0 heterocycles. The van der Waals surface area contributed by atoms with Gasteiger partial charge in [0.2, 0.25) is 5.91 Å². The zero-order valence-electron chi connectivity index (χ0n) is 19.1. The number of methoxy groups -OCH3 is 2. The van der Waals surface area contributed by atoms with E-state index in [9.17, 15) is 13.2 Å². The molecule has 0 saturated heterocycles. The number of rotatable bonds is 9. The van der Waals surface area contributed by atoms with Crippen molar-refractivity contribution in [3.63, 3.8) is 0 Å². The first kappa shape index (κ1) is 24.1. The molecule has 33 heavy (non-hydrogen) atoms. The zero-order valence-corrected chi connectivity index (χ0v) is 19.9. The molecule has 1 amide bonds. The Kier molecular flexibility index (Phi) is 7.60. The lowest BCUT2D eigenvalue weighted by Gasteiger charge is -2.27. The van der Waals surface area contributed by atoms with E-state index in [4.69, 9.17) is 9.47 Å². The van der Waals surface area contributed by atoms with Crippen LogP contribution in [-0.4, -0.2) is 35.1 Å². The van der Waals surface area contributed by atoms with Gasteiger partial charge < -0.3 is 14.8 Å². The number of ether oxygens (including phenoxy) is 2. The van der Waals surface area contributed by atoms with E-state index in [0.29, 0.717) is 11.5 Å². The average molecular weight is 469 g/mol. The van der Waals surface area contributed by atoms with Gasteiger partial charge in [-0.05, 0) is 43.7 Å². The van der Waals surface area contributed by atoms with Gasteiger partial charge in [0.1, 0.15) is 18.0 Å². The highest BCUT2D eigenvalue weighted by atomic mass is 32.2. The predicted molar refractivity (Wildman–Crippen MR) is 128 cm³/mol. The van der Waals surface area contributed by atoms with Crippen molar-refractivity contribution in [1.29, 1.82) is 0 Å². The van der Waals surface area contributed by atoms with E-state index in [0.717, 1.165) is 15.4 Å². The van der Waals surface area contributed by atoms with Crippen LogP contribution < -0.4 is 19.1 Å². The van der Waals surface area contributed by atoms with Crippen LogP contribution in [0.3, 0.4) is 0 Å². The number of nitrogens with one attached hydrogen (secondary N) is 1. The molecule has 8 heteroatoms. The Bertz CT molecular complexity index is 1200. The lowest BCUT2D eigenvalue weighted by molar-refractivity contribution is -0.120. The number of hydrogen-bond donors (Lipinski definition) is 1. The van der Waals surface area contributed by atoms with Gasteiger partial charge in [0, 0.05) is 6.07 Å². The van der Waals surface area contributed by atoms with Crippen molar-refractivity contribution in [3.8, 4) is 11.5 Å². The summed E-state index contributed by atoms with van der Waals surface area (Å²) in [5.41, 5.74) is 2.05. The Morgan fingerprint density at radius 2 is 1.64 bits per heavy atom. The van der Waals surface area contributed by atoms with Crippen molar-refractivity contribution >= 4 is 21.6 Å². The summed E-state index contributed by atoms with van der Waals surface area (Å²) in [6.45, 7) is 3.28. The highest BCUT2D eigenvalue weighted by Gasteiger charge is 2.30. The Hall–Kier alpha value is -3.52. The third-order valence-corrected chi connectivity index (χ3v) is 7.00. The molecule has 3 aromatic rings. The van der Waals surface area contributed by atoms with E-state index in [1.54, 1.807) is 30.3 Å². The van der Waals surface area contributed by atoms with Crippen molar-refractivity contribution in [3.05, 3.63) is 83.9 Å². The van der Waals surface area contributed by atoms with Crippen molar-refractivity contribution in [2.45, 2.75) is 24.8 Å². The van der Waals surface area contributed by atoms with Crippen LogP contribution in [-0.2, 0) is 14.8 Å². The van der Waals surface area contributed by atoms with Crippen LogP contribution >= 0.6 is 0 Å². The van der Waals surface area contributed by atoms with E-state index in [1.807, 2.05) is 44.2 Å². The predicted octanol–water partition coefficient (Wildman–Crippen LogP) is 4.08. The van der Waals surface area contributed by atoms with Gasteiger partial charge in [-0.15, -0.1) is 0 Å². The van der Waals surface area contributed by atoms with Gasteiger partial charge in [-0.2, -0.15) is 0 Å². The first-order valence-electron chi connectivity index (χ1n) is 10.4. The van der Waals surface area contributed by atoms with E-state index in [-0.39, 0.29) is 16.6 Å². The lowest BCUT2D eigenvalue weighted by Crippen LogP contribution is -2.41. The molecule has 174 valence electrons. The number of anilines is 1. The Morgan fingerprint density at radius 1 is 0.970 bits per heavy atom. The van der Waals surface area contributed by atoms with Crippen LogP contribution in [0.15, 0.2) is 77.7 Å².